The number of nitrogens with zero attached hydrogens (tertiary/aromatic N) is 1. The first-order chi connectivity index (χ1) is 11.9. The van der Waals surface area contributed by atoms with Crippen LogP contribution < -0.4 is 0 Å². The molecule has 0 N–H and O–H groups in total. The van der Waals surface area contributed by atoms with Gasteiger partial charge in [0.2, 0.25) is 0 Å². The Labute approximate surface area is 146 Å². The smallest absolute Gasteiger partial charge is 0.310 e. The summed E-state index contributed by atoms with van der Waals surface area (Å²) >= 11 is 0. The minimum Gasteiger partial charge on any atom is -0.466 e. The van der Waals surface area contributed by atoms with Crippen LogP contribution in [-0.4, -0.2) is 25.0 Å². The van der Waals surface area contributed by atoms with Gasteiger partial charge in [-0.05, 0) is 37.6 Å². The molecular formula is C19H19NO4S. The zero-order valence-corrected chi connectivity index (χ0v) is 14.9. The van der Waals surface area contributed by atoms with E-state index in [4.69, 9.17) is 4.74 Å². The van der Waals surface area contributed by atoms with E-state index < -0.39 is 10.0 Å². The molecular weight excluding hydrogens is 338 g/mol. The fourth-order valence-electron chi connectivity index (χ4n) is 2.75. The standard InChI is InChI=1S/C19H19NO4S/c1-3-24-19(21)12-15-13-20(18-7-5-4-6-17(15)18)25(22,23)16-10-8-14(2)9-11-16/h4-11,13H,3,12H2,1-2H3. The number of para-hydroxylation sites is 1. The molecule has 0 radical (unpaired) electrons. The normalized spacial score (nSPS) is 11.6. The Morgan fingerprint density at radius 1 is 1.08 bits per heavy atom. The number of hydrogen-bond acceptors (Lipinski definition) is 4. The third kappa shape index (κ3) is 3.30. The van der Waals surface area contributed by atoms with Crippen molar-refractivity contribution in [2.75, 3.05) is 6.61 Å². The summed E-state index contributed by atoms with van der Waals surface area (Å²) in [5.74, 6) is -0.377. The molecule has 5 nitrogen and oxygen atoms in total. The van der Waals surface area contributed by atoms with Crippen LogP contribution in [-0.2, 0) is 26.0 Å². The van der Waals surface area contributed by atoms with Gasteiger partial charge in [0, 0.05) is 11.6 Å². The molecule has 0 aliphatic rings. The number of carbonyl (C=O) groups is 1. The highest BCUT2D eigenvalue weighted by atomic mass is 32.2. The lowest BCUT2D eigenvalue weighted by Gasteiger charge is -2.07. The predicted octanol–water partition coefficient (Wildman–Crippen LogP) is 3.29. The summed E-state index contributed by atoms with van der Waals surface area (Å²) in [6.07, 6.45) is 1.54. The first-order valence-corrected chi connectivity index (χ1v) is 9.44. The van der Waals surface area contributed by atoms with Crippen LogP contribution in [0.25, 0.3) is 10.9 Å². The lowest BCUT2D eigenvalue weighted by Crippen LogP contribution is -2.12. The second kappa shape index (κ2) is 6.72. The number of fused-ring (bicyclic) bond motifs is 1. The average molecular weight is 357 g/mol. The van der Waals surface area contributed by atoms with Gasteiger partial charge in [0.05, 0.1) is 23.4 Å². The summed E-state index contributed by atoms with van der Waals surface area (Å²) in [5, 5.41) is 0.728. The summed E-state index contributed by atoms with van der Waals surface area (Å²) < 4.78 is 32.3. The molecule has 0 aliphatic heterocycles. The number of carbonyl (C=O) groups excluding carboxylic acids is 1. The van der Waals surface area contributed by atoms with Crippen molar-refractivity contribution in [3.05, 3.63) is 65.9 Å². The SMILES string of the molecule is CCOC(=O)Cc1cn(S(=O)(=O)c2ccc(C)cc2)c2ccccc12. The Morgan fingerprint density at radius 2 is 1.76 bits per heavy atom. The molecule has 2 aromatic carbocycles. The molecule has 130 valence electrons. The maximum atomic E-state index is 13.0. The van der Waals surface area contributed by atoms with Crippen molar-refractivity contribution in [1.82, 2.24) is 3.97 Å². The number of rotatable bonds is 5. The second-order valence-corrected chi connectivity index (χ2v) is 7.58. The molecule has 6 heteroatoms. The summed E-state index contributed by atoms with van der Waals surface area (Å²) in [6, 6.07) is 13.8. The zero-order chi connectivity index (χ0) is 18.0. The van der Waals surface area contributed by atoms with Crippen molar-refractivity contribution in [3.63, 3.8) is 0 Å². The first kappa shape index (κ1) is 17.2. The molecule has 0 bridgehead atoms. The van der Waals surface area contributed by atoms with E-state index in [9.17, 15) is 13.2 Å². The number of aromatic nitrogens is 1. The number of ether oxygens (including phenoxy) is 1. The van der Waals surface area contributed by atoms with Crippen LogP contribution in [0.2, 0.25) is 0 Å². The predicted molar refractivity (Wildman–Crippen MR) is 96.0 cm³/mol. The lowest BCUT2D eigenvalue weighted by molar-refractivity contribution is -0.142. The fraction of sp³-hybridized carbons (Fsp3) is 0.211. The maximum Gasteiger partial charge on any atom is 0.310 e. The molecule has 0 fully saturated rings. The lowest BCUT2D eigenvalue weighted by atomic mass is 10.1. The van der Waals surface area contributed by atoms with Crippen LogP contribution in [0.5, 0.6) is 0 Å². The van der Waals surface area contributed by atoms with Gasteiger partial charge in [-0.1, -0.05) is 35.9 Å². The van der Waals surface area contributed by atoms with Gasteiger partial charge in [0.15, 0.2) is 0 Å². The van der Waals surface area contributed by atoms with Crippen LogP contribution in [0.3, 0.4) is 0 Å². The highest BCUT2D eigenvalue weighted by Crippen LogP contribution is 2.26. The Kier molecular flexibility index (Phi) is 4.63. The molecule has 0 aliphatic carbocycles. The highest BCUT2D eigenvalue weighted by Gasteiger charge is 2.22. The molecule has 1 aromatic heterocycles. The van der Waals surface area contributed by atoms with E-state index in [2.05, 4.69) is 0 Å². The van der Waals surface area contributed by atoms with Gasteiger partial charge in [-0.25, -0.2) is 12.4 Å². The molecule has 0 saturated carbocycles. The quantitative estimate of drug-likeness (QED) is 0.657. The van der Waals surface area contributed by atoms with Crippen molar-refractivity contribution in [2.45, 2.75) is 25.2 Å². The average Bonchev–Trinajstić information content (AvgIpc) is 2.95. The Hall–Kier alpha value is -2.60. The van der Waals surface area contributed by atoms with Crippen LogP contribution in [0.1, 0.15) is 18.1 Å². The van der Waals surface area contributed by atoms with Crippen LogP contribution in [0.15, 0.2) is 59.6 Å². The molecule has 0 atom stereocenters. The Bertz CT molecular complexity index is 1020. The highest BCUT2D eigenvalue weighted by molar-refractivity contribution is 7.90. The summed E-state index contributed by atoms with van der Waals surface area (Å²) in [5.41, 5.74) is 2.16. The van der Waals surface area contributed by atoms with Gasteiger partial charge in [0.1, 0.15) is 0 Å². The van der Waals surface area contributed by atoms with Crippen molar-refractivity contribution < 1.29 is 17.9 Å². The van der Waals surface area contributed by atoms with E-state index >= 15 is 0 Å². The molecule has 1 heterocycles. The number of hydrogen-bond donors (Lipinski definition) is 0. The molecule has 3 rings (SSSR count). The largest absolute Gasteiger partial charge is 0.466 e. The van der Waals surface area contributed by atoms with Crippen LogP contribution in [0, 0.1) is 6.92 Å². The molecule has 0 amide bonds. The van der Waals surface area contributed by atoms with Gasteiger partial charge in [-0.2, -0.15) is 0 Å². The number of esters is 1. The van der Waals surface area contributed by atoms with Gasteiger partial charge in [-0.3, -0.25) is 4.79 Å². The van der Waals surface area contributed by atoms with Gasteiger partial charge < -0.3 is 4.74 Å². The molecule has 0 saturated heterocycles. The van der Waals surface area contributed by atoms with Crippen LogP contribution in [0.4, 0.5) is 0 Å². The van der Waals surface area contributed by atoms with Crippen molar-refractivity contribution >= 4 is 26.9 Å². The van der Waals surface area contributed by atoms with Gasteiger partial charge in [-0.15, -0.1) is 0 Å². The van der Waals surface area contributed by atoms with Crippen molar-refractivity contribution in [3.8, 4) is 0 Å². The second-order valence-electron chi connectivity index (χ2n) is 5.77. The van der Waals surface area contributed by atoms with E-state index in [1.165, 1.54) is 10.2 Å². The Balaban J connectivity index is 2.13. The molecule has 0 unspecified atom stereocenters. The van der Waals surface area contributed by atoms with E-state index in [-0.39, 0.29) is 17.3 Å². The summed E-state index contributed by atoms with van der Waals surface area (Å²) in [7, 11) is -3.75. The van der Waals surface area contributed by atoms with Crippen molar-refractivity contribution in [2.24, 2.45) is 0 Å². The Morgan fingerprint density at radius 3 is 2.44 bits per heavy atom. The third-order valence-corrected chi connectivity index (χ3v) is 5.67. The third-order valence-electron chi connectivity index (χ3n) is 3.98. The zero-order valence-electron chi connectivity index (χ0n) is 14.1. The van der Waals surface area contributed by atoms with Gasteiger partial charge >= 0.3 is 5.97 Å². The van der Waals surface area contributed by atoms with Crippen molar-refractivity contribution in [1.29, 1.82) is 0 Å². The maximum absolute atomic E-state index is 13.0. The minimum atomic E-state index is -3.75. The fourth-order valence-corrected chi connectivity index (χ4v) is 4.14. The van der Waals surface area contributed by atoms with E-state index in [0.29, 0.717) is 17.7 Å². The first-order valence-electron chi connectivity index (χ1n) is 8.00. The molecule has 0 spiro atoms. The van der Waals surface area contributed by atoms with Crippen LogP contribution >= 0.6 is 0 Å². The number of aryl methyl sites for hydroxylation is 1. The topological polar surface area (TPSA) is 65.4 Å². The van der Waals surface area contributed by atoms with E-state index in [1.807, 2.05) is 19.1 Å². The summed E-state index contributed by atoms with van der Waals surface area (Å²) in [6.45, 7) is 3.93. The monoisotopic (exact) mass is 357 g/mol. The van der Waals surface area contributed by atoms with E-state index in [0.717, 1.165) is 10.9 Å². The number of benzene rings is 2. The molecule has 3 aromatic rings. The summed E-state index contributed by atoms with van der Waals surface area (Å²) in [4.78, 5) is 12.1. The minimum absolute atomic E-state index is 0.0325. The van der Waals surface area contributed by atoms with Gasteiger partial charge in [0.25, 0.3) is 10.0 Å². The molecule has 25 heavy (non-hydrogen) atoms. The van der Waals surface area contributed by atoms with E-state index in [1.54, 1.807) is 43.3 Å².